The SMILES string of the molecule is COc1cc(CN(C(=O)Nc2ccc(C)cc2F)C2CC2)ccc1OC(F)F. The van der Waals surface area contributed by atoms with Crippen molar-refractivity contribution >= 4 is 11.7 Å². The molecule has 3 rings (SSSR count). The van der Waals surface area contributed by atoms with Crippen LogP contribution >= 0.6 is 0 Å². The Kier molecular flexibility index (Phi) is 5.96. The smallest absolute Gasteiger partial charge is 0.387 e. The van der Waals surface area contributed by atoms with Crippen LogP contribution in [-0.4, -0.2) is 30.7 Å². The van der Waals surface area contributed by atoms with Gasteiger partial charge in [-0.1, -0.05) is 12.1 Å². The Morgan fingerprint density at radius 2 is 1.96 bits per heavy atom. The molecule has 0 unspecified atom stereocenters. The second-order valence-electron chi connectivity index (χ2n) is 6.64. The molecule has 1 N–H and O–H groups in total. The number of rotatable bonds is 7. The highest BCUT2D eigenvalue weighted by atomic mass is 19.3. The molecule has 2 aromatic rings. The van der Waals surface area contributed by atoms with E-state index in [1.54, 1.807) is 30.0 Å². The number of alkyl halides is 2. The van der Waals surface area contributed by atoms with E-state index in [1.807, 2.05) is 0 Å². The molecule has 0 bridgehead atoms. The van der Waals surface area contributed by atoms with E-state index in [4.69, 9.17) is 4.74 Å². The molecule has 1 fully saturated rings. The van der Waals surface area contributed by atoms with E-state index in [0.717, 1.165) is 18.4 Å². The van der Waals surface area contributed by atoms with Gasteiger partial charge >= 0.3 is 12.6 Å². The minimum atomic E-state index is -2.96. The van der Waals surface area contributed by atoms with E-state index < -0.39 is 18.5 Å². The van der Waals surface area contributed by atoms with Crippen molar-refractivity contribution in [1.82, 2.24) is 4.90 Å². The molecule has 0 heterocycles. The number of ether oxygens (including phenoxy) is 2. The normalized spacial score (nSPS) is 13.4. The van der Waals surface area contributed by atoms with E-state index in [0.29, 0.717) is 5.56 Å². The lowest BCUT2D eigenvalue weighted by atomic mass is 10.2. The van der Waals surface area contributed by atoms with Crippen LogP contribution in [-0.2, 0) is 6.54 Å². The number of halogens is 3. The summed E-state index contributed by atoms with van der Waals surface area (Å²) in [4.78, 5) is 14.3. The van der Waals surface area contributed by atoms with Crippen LogP contribution < -0.4 is 14.8 Å². The van der Waals surface area contributed by atoms with Crippen molar-refractivity contribution in [3.8, 4) is 11.5 Å². The third-order valence-corrected chi connectivity index (χ3v) is 4.41. The monoisotopic (exact) mass is 394 g/mol. The number of amides is 2. The van der Waals surface area contributed by atoms with E-state index in [-0.39, 0.29) is 29.8 Å². The second-order valence-corrected chi connectivity index (χ2v) is 6.64. The van der Waals surface area contributed by atoms with Crippen LogP contribution in [0.4, 0.5) is 23.7 Å². The molecule has 1 aliphatic rings. The highest BCUT2D eigenvalue weighted by Gasteiger charge is 2.33. The summed E-state index contributed by atoms with van der Waals surface area (Å²) in [5.74, 6) is -0.428. The van der Waals surface area contributed by atoms with Crippen molar-refractivity contribution in [3.63, 3.8) is 0 Å². The van der Waals surface area contributed by atoms with Gasteiger partial charge in [0.15, 0.2) is 11.5 Å². The number of carbonyl (C=O) groups excluding carboxylic acids is 1. The fraction of sp³-hybridized carbons (Fsp3) is 0.350. The third kappa shape index (κ3) is 4.88. The first-order valence-electron chi connectivity index (χ1n) is 8.83. The van der Waals surface area contributed by atoms with Crippen molar-refractivity contribution in [1.29, 1.82) is 0 Å². The van der Waals surface area contributed by atoms with Crippen molar-refractivity contribution in [2.75, 3.05) is 12.4 Å². The van der Waals surface area contributed by atoms with Gasteiger partial charge in [-0.05, 0) is 55.2 Å². The van der Waals surface area contributed by atoms with Gasteiger partial charge in [-0.25, -0.2) is 9.18 Å². The maximum absolute atomic E-state index is 14.0. The molecule has 1 aliphatic carbocycles. The number of hydrogen-bond acceptors (Lipinski definition) is 3. The molecule has 0 radical (unpaired) electrons. The number of nitrogens with one attached hydrogen (secondary N) is 1. The lowest BCUT2D eigenvalue weighted by molar-refractivity contribution is -0.0512. The number of hydrogen-bond donors (Lipinski definition) is 1. The van der Waals surface area contributed by atoms with Gasteiger partial charge in [-0.3, -0.25) is 0 Å². The summed E-state index contributed by atoms with van der Waals surface area (Å²) in [6.45, 7) is -0.965. The standard InChI is InChI=1S/C20H21F3N2O3/c1-12-3-7-16(15(21)9-12)24-20(26)25(14-5-6-14)11-13-4-8-17(28-19(22)23)18(10-13)27-2/h3-4,7-10,14,19H,5-6,11H2,1-2H3,(H,24,26). The van der Waals surface area contributed by atoms with Gasteiger partial charge < -0.3 is 19.7 Å². The Bertz CT molecular complexity index is 857. The predicted molar refractivity (Wildman–Crippen MR) is 98.3 cm³/mol. The number of nitrogens with zero attached hydrogens (tertiary/aromatic N) is 1. The zero-order valence-electron chi connectivity index (χ0n) is 15.5. The average Bonchev–Trinajstić information content (AvgIpc) is 3.47. The van der Waals surface area contributed by atoms with Gasteiger partial charge in [0.05, 0.1) is 12.8 Å². The van der Waals surface area contributed by atoms with Gasteiger partial charge in [-0.15, -0.1) is 0 Å². The van der Waals surface area contributed by atoms with Crippen molar-refractivity contribution in [2.45, 2.75) is 39.0 Å². The molecule has 28 heavy (non-hydrogen) atoms. The Morgan fingerprint density at radius 3 is 2.57 bits per heavy atom. The first-order chi connectivity index (χ1) is 13.4. The molecular weight excluding hydrogens is 373 g/mol. The predicted octanol–water partition coefficient (Wildman–Crippen LogP) is 4.94. The molecular formula is C20H21F3N2O3. The summed E-state index contributed by atoms with van der Waals surface area (Å²) >= 11 is 0. The maximum atomic E-state index is 14.0. The quantitative estimate of drug-likeness (QED) is 0.724. The summed E-state index contributed by atoms with van der Waals surface area (Å²) < 4.78 is 48.5. The number of anilines is 1. The molecule has 0 aliphatic heterocycles. The fourth-order valence-corrected chi connectivity index (χ4v) is 2.86. The van der Waals surface area contributed by atoms with E-state index in [1.165, 1.54) is 25.3 Å². The first-order valence-corrected chi connectivity index (χ1v) is 8.83. The van der Waals surface area contributed by atoms with Gasteiger partial charge in [0.25, 0.3) is 0 Å². The van der Waals surface area contributed by atoms with Crippen LogP contribution in [0.5, 0.6) is 11.5 Å². The maximum Gasteiger partial charge on any atom is 0.387 e. The van der Waals surface area contributed by atoms with Crippen LogP contribution in [0.25, 0.3) is 0 Å². The summed E-state index contributed by atoms with van der Waals surface area (Å²) in [5.41, 5.74) is 1.55. The summed E-state index contributed by atoms with van der Waals surface area (Å²) in [5, 5.41) is 2.60. The van der Waals surface area contributed by atoms with Crippen LogP contribution in [0.2, 0.25) is 0 Å². The lowest BCUT2D eigenvalue weighted by Crippen LogP contribution is -2.36. The zero-order chi connectivity index (χ0) is 20.3. The molecule has 0 spiro atoms. The minimum absolute atomic E-state index is 0.0523. The molecule has 150 valence electrons. The highest BCUT2D eigenvalue weighted by molar-refractivity contribution is 5.90. The minimum Gasteiger partial charge on any atom is -0.493 e. The highest BCUT2D eigenvalue weighted by Crippen LogP contribution is 2.33. The van der Waals surface area contributed by atoms with Crippen molar-refractivity contribution < 1.29 is 27.4 Å². The van der Waals surface area contributed by atoms with Crippen LogP contribution in [0.3, 0.4) is 0 Å². The van der Waals surface area contributed by atoms with Gasteiger partial charge in [0.2, 0.25) is 0 Å². The summed E-state index contributed by atoms with van der Waals surface area (Å²) in [6, 6.07) is 8.74. The molecule has 0 saturated heterocycles. The largest absolute Gasteiger partial charge is 0.493 e. The van der Waals surface area contributed by atoms with E-state index in [9.17, 15) is 18.0 Å². The molecule has 1 saturated carbocycles. The van der Waals surface area contributed by atoms with Gasteiger partial charge in [-0.2, -0.15) is 8.78 Å². The number of methoxy groups -OCH3 is 1. The van der Waals surface area contributed by atoms with Crippen LogP contribution in [0.1, 0.15) is 24.0 Å². The van der Waals surface area contributed by atoms with E-state index >= 15 is 0 Å². The lowest BCUT2D eigenvalue weighted by Gasteiger charge is -2.23. The number of urea groups is 1. The fourth-order valence-electron chi connectivity index (χ4n) is 2.86. The van der Waals surface area contributed by atoms with Crippen molar-refractivity contribution in [3.05, 3.63) is 53.3 Å². The van der Waals surface area contributed by atoms with Crippen molar-refractivity contribution in [2.24, 2.45) is 0 Å². The molecule has 5 nitrogen and oxygen atoms in total. The molecule has 8 heteroatoms. The summed E-state index contributed by atoms with van der Waals surface area (Å²) in [7, 11) is 1.35. The molecule has 0 aromatic heterocycles. The number of carbonyl (C=O) groups is 1. The first kappa shape index (κ1) is 19.9. The Labute approximate surface area is 161 Å². The second kappa shape index (κ2) is 8.41. The number of aryl methyl sites for hydroxylation is 1. The summed E-state index contributed by atoms with van der Waals surface area (Å²) in [6.07, 6.45) is 1.71. The van der Waals surface area contributed by atoms with Crippen LogP contribution in [0, 0.1) is 12.7 Å². The molecule has 2 aromatic carbocycles. The zero-order valence-corrected chi connectivity index (χ0v) is 15.5. The van der Waals surface area contributed by atoms with Gasteiger partial charge in [0, 0.05) is 12.6 Å². The Hall–Kier alpha value is -2.90. The average molecular weight is 394 g/mol. The molecule has 2 amide bonds. The molecule has 0 atom stereocenters. The van der Waals surface area contributed by atoms with Gasteiger partial charge in [0.1, 0.15) is 5.82 Å². The van der Waals surface area contributed by atoms with E-state index in [2.05, 4.69) is 10.1 Å². The number of benzene rings is 2. The Morgan fingerprint density at radius 1 is 1.21 bits per heavy atom. The topological polar surface area (TPSA) is 50.8 Å². The third-order valence-electron chi connectivity index (χ3n) is 4.41. The van der Waals surface area contributed by atoms with Crippen LogP contribution in [0.15, 0.2) is 36.4 Å². The Balaban J connectivity index is 1.75.